The van der Waals surface area contributed by atoms with E-state index in [1.807, 2.05) is 35.8 Å². The number of nitrogens with two attached hydrogens (primary N) is 1. The van der Waals surface area contributed by atoms with E-state index in [1.54, 1.807) is 0 Å². The van der Waals surface area contributed by atoms with Crippen LogP contribution in [0.4, 0.5) is 0 Å². The van der Waals surface area contributed by atoms with Crippen molar-refractivity contribution >= 4 is 24.2 Å². The molecule has 1 atom stereocenters. The highest BCUT2D eigenvalue weighted by molar-refractivity contribution is 5.95. The molecule has 7 heteroatoms. The number of piperidine rings is 1. The first-order valence-corrected chi connectivity index (χ1v) is 10.0. The normalized spacial score (nSPS) is 19.3. The van der Waals surface area contributed by atoms with Crippen molar-refractivity contribution in [3.63, 3.8) is 0 Å². The van der Waals surface area contributed by atoms with Crippen LogP contribution < -0.4 is 10.5 Å². The maximum Gasteiger partial charge on any atom is 0.260 e. The van der Waals surface area contributed by atoms with Gasteiger partial charge in [0, 0.05) is 31.7 Å². The molecule has 2 heterocycles. The molecule has 0 aliphatic carbocycles. The number of ether oxygens (including phenoxy) is 1. The lowest BCUT2D eigenvalue weighted by Crippen LogP contribution is -2.38. The molecule has 0 radical (unpaired) electrons. The Morgan fingerprint density at radius 1 is 1.07 bits per heavy atom. The van der Waals surface area contributed by atoms with Crippen molar-refractivity contribution in [3.05, 3.63) is 28.8 Å². The zero-order chi connectivity index (χ0) is 19.4. The minimum absolute atomic E-state index is 0. The van der Waals surface area contributed by atoms with E-state index in [9.17, 15) is 9.59 Å². The summed E-state index contributed by atoms with van der Waals surface area (Å²) in [5.74, 6) is 1.20. The van der Waals surface area contributed by atoms with Crippen LogP contribution in [0, 0.1) is 19.8 Å². The van der Waals surface area contributed by atoms with Gasteiger partial charge in [-0.2, -0.15) is 0 Å². The summed E-state index contributed by atoms with van der Waals surface area (Å²) in [5.41, 5.74) is 8.18. The Bertz CT molecular complexity index is 681. The molecule has 2 aliphatic rings. The van der Waals surface area contributed by atoms with E-state index in [-0.39, 0.29) is 30.8 Å². The van der Waals surface area contributed by atoms with Crippen LogP contribution in [0.2, 0.25) is 0 Å². The predicted molar refractivity (Wildman–Crippen MR) is 112 cm³/mol. The largest absolute Gasteiger partial charge is 0.483 e. The number of aryl methyl sites for hydroxylation is 2. The van der Waals surface area contributed by atoms with Crippen LogP contribution in [-0.2, 0) is 4.79 Å². The first-order valence-electron chi connectivity index (χ1n) is 10.0. The first kappa shape index (κ1) is 22.5. The Hall–Kier alpha value is -1.79. The third-order valence-corrected chi connectivity index (χ3v) is 5.66. The van der Waals surface area contributed by atoms with Crippen LogP contribution in [0.15, 0.2) is 12.1 Å². The molecule has 1 unspecified atom stereocenters. The van der Waals surface area contributed by atoms with Crippen LogP contribution in [0.25, 0.3) is 0 Å². The van der Waals surface area contributed by atoms with Crippen molar-refractivity contribution in [1.29, 1.82) is 0 Å². The average Bonchev–Trinajstić information content (AvgIpc) is 3.16. The summed E-state index contributed by atoms with van der Waals surface area (Å²) in [6.07, 6.45) is 4.31. The molecule has 0 spiro atoms. The van der Waals surface area contributed by atoms with Gasteiger partial charge < -0.3 is 20.3 Å². The second-order valence-corrected chi connectivity index (χ2v) is 7.81. The molecular formula is C21H32ClN3O3. The lowest BCUT2D eigenvalue weighted by Gasteiger charge is -2.27. The smallest absolute Gasteiger partial charge is 0.260 e. The number of amides is 2. The van der Waals surface area contributed by atoms with Gasteiger partial charge in [0.1, 0.15) is 5.75 Å². The topological polar surface area (TPSA) is 75.9 Å². The monoisotopic (exact) mass is 409 g/mol. The van der Waals surface area contributed by atoms with Crippen LogP contribution in [-0.4, -0.2) is 60.9 Å². The fourth-order valence-corrected chi connectivity index (χ4v) is 4.06. The number of carbonyl (C=O) groups excluding carboxylic acids is 2. The highest BCUT2D eigenvalue weighted by Gasteiger charge is 2.27. The van der Waals surface area contributed by atoms with Gasteiger partial charge in [-0.15, -0.1) is 12.4 Å². The Balaban J connectivity index is 0.00000280. The van der Waals surface area contributed by atoms with Crippen molar-refractivity contribution in [3.8, 4) is 5.75 Å². The molecule has 2 saturated heterocycles. The predicted octanol–water partition coefficient (Wildman–Crippen LogP) is 2.54. The molecule has 2 N–H and O–H groups in total. The molecule has 3 rings (SSSR count). The molecule has 1 aromatic carbocycles. The van der Waals surface area contributed by atoms with Gasteiger partial charge in [-0.05, 0) is 75.3 Å². The zero-order valence-corrected chi connectivity index (χ0v) is 17.7. The summed E-state index contributed by atoms with van der Waals surface area (Å²) in [5, 5.41) is 0. The van der Waals surface area contributed by atoms with Gasteiger partial charge in [0.2, 0.25) is 0 Å². The third kappa shape index (κ3) is 5.17. The van der Waals surface area contributed by atoms with Crippen molar-refractivity contribution in [2.24, 2.45) is 11.7 Å². The maximum absolute atomic E-state index is 12.8. The van der Waals surface area contributed by atoms with Crippen molar-refractivity contribution < 1.29 is 14.3 Å². The lowest BCUT2D eigenvalue weighted by molar-refractivity contribution is -0.134. The number of hydrogen-bond acceptors (Lipinski definition) is 4. The number of nitrogens with zero attached hydrogens (tertiary/aromatic N) is 2. The molecular weight excluding hydrogens is 378 g/mol. The number of hydrogen-bond donors (Lipinski definition) is 1. The highest BCUT2D eigenvalue weighted by atomic mass is 35.5. The van der Waals surface area contributed by atoms with Crippen LogP contribution in [0.5, 0.6) is 5.75 Å². The summed E-state index contributed by atoms with van der Waals surface area (Å²) in [6, 6.07) is 3.73. The zero-order valence-electron chi connectivity index (χ0n) is 16.9. The van der Waals surface area contributed by atoms with Crippen LogP contribution >= 0.6 is 12.4 Å². The number of likely N-dealkylation sites (tertiary alicyclic amines) is 2. The van der Waals surface area contributed by atoms with Gasteiger partial charge in [-0.25, -0.2) is 0 Å². The van der Waals surface area contributed by atoms with Crippen LogP contribution in [0.1, 0.15) is 47.2 Å². The van der Waals surface area contributed by atoms with E-state index in [1.165, 1.54) is 6.42 Å². The molecule has 2 aliphatic heterocycles. The minimum atomic E-state index is 0. The van der Waals surface area contributed by atoms with Crippen LogP contribution in [0.3, 0.4) is 0 Å². The van der Waals surface area contributed by atoms with E-state index >= 15 is 0 Å². The summed E-state index contributed by atoms with van der Waals surface area (Å²) in [4.78, 5) is 28.9. The van der Waals surface area contributed by atoms with E-state index in [4.69, 9.17) is 10.5 Å². The van der Waals surface area contributed by atoms with E-state index < -0.39 is 0 Å². The van der Waals surface area contributed by atoms with Gasteiger partial charge in [-0.1, -0.05) is 0 Å². The number of carbonyl (C=O) groups is 2. The molecule has 2 fully saturated rings. The lowest BCUT2D eigenvalue weighted by atomic mass is 10.0. The highest BCUT2D eigenvalue weighted by Crippen LogP contribution is 2.27. The summed E-state index contributed by atoms with van der Waals surface area (Å²) in [6.45, 7) is 7.69. The second kappa shape index (κ2) is 10.1. The Labute approximate surface area is 173 Å². The standard InChI is InChI=1S/C21H31N3O3.ClH/c1-15-10-18(21(26)24-9-6-17(12-22)13-24)11-16(2)20(15)27-14-19(25)23-7-4-3-5-8-23;/h10-11,17H,3-9,12-14,22H2,1-2H3;1H. The van der Waals surface area contributed by atoms with Crippen molar-refractivity contribution in [2.45, 2.75) is 39.5 Å². The maximum atomic E-state index is 12.8. The number of halogens is 1. The Morgan fingerprint density at radius 3 is 2.29 bits per heavy atom. The van der Waals surface area contributed by atoms with E-state index in [2.05, 4.69) is 0 Å². The molecule has 0 aromatic heterocycles. The minimum Gasteiger partial charge on any atom is -0.483 e. The first-order chi connectivity index (χ1) is 13.0. The van der Waals surface area contributed by atoms with E-state index in [0.29, 0.717) is 23.8 Å². The third-order valence-electron chi connectivity index (χ3n) is 5.66. The summed E-state index contributed by atoms with van der Waals surface area (Å²) < 4.78 is 5.84. The molecule has 28 heavy (non-hydrogen) atoms. The second-order valence-electron chi connectivity index (χ2n) is 7.81. The number of benzene rings is 1. The molecule has 0 saturated carbocycles. The van der Waals surface area contributed by atoms with Gasteiger partial charge >= 0.3 is 0 Å². The quantitative estimate of drug-likeness (QED) is 0.810. The summed E-state index contributed by atoms with van der Waals surface area (Å²) in [7, 11) is 0. The van der Waals surface area contributed by atoms with Gasteiger partial charge in [0.15, 0.2) is 6.61 Å². The van der Waals surface area contributed by atoms with Gasteiger partial charge in [-0.3, -0.25) is 9.59 Å². The van der Waals surface area contributed by atoms with Gasteiger partial charge in [0.05, 0.1) is 0 Å². The molecule has 0 bridgehead atoms. The average molecular weight is 410 g/mol. The van der Waals surface area contributed by atoms with E-state index in [0.717, 1.165) is 56.6 Å². The molecule has 1 aromatic rings. The molecule has 6 nitrogen and oxygen atoms in total. The summed E-state index contributed by atoms with van der Waals surface area (Å²) >= 11 is 0. The molecule has 2 amide bonds. The van der Waals surface area contributed by atoms with Crippen molar-refractivity contribution in [2.75, 3.05) is 39.3 Å². The molecule has 156 valence electrons. The van der Waals surface area contributed by atoms with Crippen molar-refractivity contribution in [1.82, 2.24) is 9.80 Å². The fourth-order valence-electron chi connectivity index (χ4n) is 4.06. The Morgan fingerprint density at radius 2 is 1.71 bits per heavy atom. The number of rotatable bonds is 5. The van der Waals surface area contributed by atoms with Gasteiger partial charge in [0.25, 0.3) is 11.8 Å². The fraction of sp³-hybridized carbons (Fsp3) is 0.619. The Kier molecular flexibility index (Phi) is 8.13. The SMILES string of the molecule is Cc1cc(C(=O)N2CCC(CN)C2)cc(C)c1OCC(=O)N1CCCCC1.Cl.